The van der Waals surface area contributed by atoms with Crippen LogP contribution in [0.1, 0.15) is 12.8 Å². The summed E-state index contributed by atoms with van der Waals surface area (Å²) in [5.74, 6) is 0.161. The zero-order valence-electron chi connectivity index (χ0n) is 15.8. The molecule has 146 valence electrons. The van der Waals surface area contributed by atoms with Crippen molar-refractivity contribution >= 4 is 40.1 Å². The number of hydrogen-bond acceptors (Lipinski definition) is 6. The fraction of sp³-hybridized carbons (Fsp3) is 0.333. The highest BCUT2D eigenvalue weighted by molar-refractivity contribution is 7.99. The zero-order valence-corrected chi connectivity index (χ0v) is 16.6. The number of benzene rings is 2. The van der Waals surface area contributed by atoms with Crippen LogP contribution in [0.3, 0.4) is 0 Å². The number of rotatable bonds is 6. The summed E-state index contributed by atoms with van der Waals surface area (Å²) >= 11 is 1.29. The average molecular weight is 398 g/mol. The summed E-state index contributed by atoms with van der Waals surface area (Å²) in [4.78, 5) is 18.9. The topological polar surface area (TPSA) is 67.6 Å². The van der Waals surface area contributed by atoms with E-state index in [-0.39, 0.29) is 17.8 Å². The van der Waals surface area contributed by atoms with Crippen molar-refractivity contribution in [2.24, 2.45) is 0 Å². The molecule has 6 nitrogen and oxygen atoms in total. The van der Waals surface area contributed by atoms with Crippen LogP contribution in [0.2, 0.25) is 0 Å². The number of aromatic nitrogens is 1. The minimum Gasteiger partial charge on any atom is -0.431 e. The Labute approximate surface area is 168 Å². The van der Waals surface area contributed by atoms with Crippen molar-refractivity contribution in [1.82, 2.24) is 4.98 Å². The van der Waals surface area contributed by atoms with Crippen molar-refractivity contribution in [3.8, 4) is 0 Å². The number of piperidine rings is 1. The number of thioether (sulfide) groups is 1. The van der Waals surface area contributed by atoms with Gasteiger partial charge in [-0.15, -0.1) is 0 Å². The van der Waals surface area contributed by atoms with Gasteiger partial charge in [0.25, 0.3) is 5.22 Å². The number of nitrogens with zero attached hydrogens (tertiary/aromatic N) is 2. The van der Waals surface area contributed by atoms with Gasteiger partial charge in [0.1, 0.15) is 5.52 Å². The van der Waals surface area contributed by atoms with Crippen molar-refractivity contribution < 1.29 is 13.9 Å². The average Bonchev–Trinajstić information content (AvgIpc) is 3.16. The molecule has 4 rings (SSSR count). The Hall–Kier alpha value is -2.51. The maximum atomic E-state index is 12.2. The van der Waals surface area contributed by atoms with E-state index < -0.39 is 0 Å². The molecule has 1 aromatic heterocycles. The molecule has 1 N–H and O–H groups in total. The van der Waals surface area contributed by atoms with Crippen LogP contribution >= 0.6 is 11.8 Å². The first-order valence-electron chi connectivity index (χ1n) is 9.37. The summed E-state index contributed by atoms with van der Waals surface area (Å²) < 4.78 is 11.1. The first-order valence-corrected chi connectivity index (χ1v) is 10.4. The standard InChI is InChI=1S/C21H23N3O3S/c1-26-17-5-4-12-24(13-17)16-10-8-15(9-11-16)22-20(25)14-28-21-23-18-6-2-3-7-19(18)27-21/h2-3,6-11,17H,4-5,12-14H2,1H3,(H,22,25). The lowest BCUT2D eigenvalue weighted by molar-refractivity contribution is -0.113. The highest BCUT2D eigenvalue weighted by atomic mass is 32.2. The molecule has 0 aliphatic carbocycles. The Morgan fingerprint density at radius 2 is 2.11 bits per heavy atom. The minimum absolute atomic E-state index is 0.0857. The molecule has 1 unspecified atom stereocenters. The molecule has 1 aliphatic rings. The van der Waals surface area contributed by atoms with Gasteiger partial charge in [-0.05, 0) is 49.2 Å². The Kier molecular flexibility index (Phi) is 5.83. The van der Waals surface area contributed by atoms with Crippen LogP contribution in [0.25, 0.3) is 11.1 Å². The molecule has 28 heavy (non-hydrogen) atoms. The third-order valence-corrected chi connectivity index (χ3v) is 5.66. The Bertz CT molecular complexity index is 908. The van der Waals surface area contributed by atoms with Crippen LogP contribution in [0.5, 0.6) is 0 Å². The summed E-state index contributed by atoms with van der Waals surface area (Å²) in [5.41, 5.74) is 3.47. The predicted molar refractivity (Wildman–Crippen MR) is 112 cm³/mol. The van der Waals surface area contributed by atoms with Crippen LogP contribution in [0.4, 0.5) is 11.4 Å². The molecule has 2 aromatic carbocycles. The minimum atomic E-state index is -0.0857. The van der Waals surface area contributed by atoms with E-state index in [1.807, 2.05) is 48.5 Å². The predicted octanol–water partition coefficient (Wildman–Crippen LogP) is 4.17. The van der Waals surface area contributed by atoms with Crippen LogP contribution in [-0.4, -0.2) is 42.9 Å². The number of anilines is 2. The number of carbonyl (C=O) groups excluding carboxylic acids is 1. The Morgan fingerprint density at radius 1 is 1.29 bits per heavy atom. The van der Waals surface area contributed by atoms with Gasteiger partial charge in [-0.1, -0.05) is 23.9 Å². The van der Waals surface area contributed by atoms with Crippen LogP contribution in [0.15, 0.2) is 58.2 Å². The maximum Gasteiger partial charge on any atom is 0.257 e. The number of methoxy groups -OCH3 is 1. The molecule has 2 heterocycles. The largest absolute Gasteiger partial charge is 0.431 e. The molecular formula is C21H23N3O3S. The van der Waals surface area contributed by atoms with E-state index in [1.165, 1.54) is 11.8 Å². The first kappa shape index (κ1) is 18.8. The van der Waals surface area contributed by atoms with Crippen LogP contribution < -0.4 is 10.2 Å². The maximum absolute atomic E-state index is 12.2. The molecule has 0 bridgehead atoms. The summed E-state index contributed by atoms with van der Waals surface area (Å²) in [6, 6.07) is 15.5. The summed E-state index contributed by atoms with van der Waals surface area (Å²) in [5, 5.41) is 3.43. The lowest BCUT2D eigenvalue weighted by atomic mass is 10.1. The quantitative estimate of drug-likeness (QED) is 0.630. The second kappa shape index (κ2) is 8.67. The monoisotopic (exact) mass is 397 g/mol. The lowest BCUT2D eigenvalue weighted by Crippen LogP contribution is -2.39. The van der Waals surface area contributed by atoms with Gasteiger partial charge in [0.15, 0.2) is 5.58 Å². The molecule has 1 atom stereocenters. The van der Waals surface area contributed by atoms with Crippen molar-refractivity contribution in [3.05, 3.63) is 48.5 Å². The van der Waals surface area contributed by atoms with Gasteiger partial charge in [0.05, 0.1) is 11.9 Å². The second-order valence-electron chi connectivity index (χ2n) is 6.78. The van der Waals surface area contributed by atoms with Gasteiger partial charge in [-0.25, -0.2) is 4.98 Å². The van der Waals surface area contributed by atoms with Gasteiger partial charge in [-0.3, -0.25) is 4.79 Å². The molecule has 1 amide bonds. The van der Waals surface area contributed by atoms with Crippen molar-refractivity contribution in [2.45, 2.75) is 24.2 Å². The van der Waals surface area contributed by atoms with E-state index in [2.05, 4.69) is 15.2 Å². The number of fused-ring (bicyclic) bond motifs is 1. The molecule has 7 heteroatoms. The summed E-state index contributed by atoms with van der Waals surface area (Å²) in [6.45, 7) is 1.94. The highest BCUT2D eigenvalue weighted by Crippen LogP contribution is 2.25. The highest BCUT2D eigenvalue weighted by Gasteiger charge is 2.19. The Balaban J connectivity index is 1.30. The normalized spacial score (nSPS) is 17.0. The van der Waals surface area contributed by atoms with Gasteiger partial charge >= 0.3 is 0 Å². The van der Waals surface area contributed by atoms with Crippen molar-refractivity contribution in [2.75, 3.05) is 36.2 Å². The third-order valence-electron chi connectivity index (χ3n) is 4.83. The molecule has 1 saturated heterocycles. The molecular weight excluding hydrogens is 374 g/mol. The molecule has 1 fully saturated rings. The zero-order chi connectivity index (χ0) is 19.3. The van der Waals surface area contributed by atoms with E-state index in [9.17, 15) is 4.79 Å². The SMILES string of the molecule is COC1CCCN(c2ccc(NC(=O)CSc3nc4ccccc4o3)cc2)C1. The number of nitrogens with one attached hydrogen (secondary N) is 1. The summed E-state index contributed by atoms with van der Waals surface area (Å²) in [6.07, 6.45) is 2.53. The number of hydrogen-bond donors (Lipinski definition) is 1. The number of oxazole rings is 1. The van der Waals surface area contributed by atoms with Crippen LogP contribution in [-0.2, 0) is 9.53 Å². The molecule has 0 saturated carbocycles. The van der Waals surface area contributed by atoms with Crippen molar-refractivity contribution in [3.63, 3.8) is 0 Å². The fourth-order valence-electron chi connectivity index (χ4n) is 3.36. The van der Waals surface area contributed by atoms with Crippen LogP contribution in [0, 0.1) is 0 Å². The van der Waals surface area contributed by atoms with Gasteiger partial charge in [0, 0.05) is 31.6 Å². The smallest absolute Gasteiger partial charge is 0.257 e. The number of ether oxygens (including phenoxy) is 1. The van der Waals surface area contributed by atoms with Crippen molar-refractivity contribution in [1.29, 1.82) is 0 Å². The Morgan fingerprint density at radius 3 is 2.89 bits per heavy atom. The first-order chi connectivity index (χ1) is 13.7. The second-order valence-corrected chi connectivity index (χ2v) is 7.70. The lowest BCUT2D eigenvalue weighted by Gasteiger charge is -2.33. The number of carbonyl (C=O) groups is 1. The molecule has 0 radical (unpaired) electrons. The third kappa shape index (κ3) is 4.48. The van der Waals surface area contributed by atoms with E-state index in [4.69, 9.17) is 9.15 Å². The van der Waals surface area contributed by atoms with Gasteiger partial charge in [0.2, 0.25) is 5.91 Å². The van der Waals surface area contributed by atoms with E-state index >= 15 is 0 Å². The molecule has 3 aromatic rings. The van der Waals surface area contributed by atoms with Gasteiger partial charge < -0.3 is 19.4 Å². The number of para-hydroxylation sites is 2. The van der Waals surface area contributed by atoms with E-state index in [0.29, 0.717) is 5.22 Å². The fourth-order valence-corrected chi connectivity index (χ4v) is 4.00. The molecule has 1 aliphatic heterocycles. The van der Waals surface area contributed by atoms with E-state index in [0.717, 1.165) is 48.4 Å². The number of amides is 1. The summed E-state index contributed by atoms with van der Waals surface area (Å²) in [7, 11) is 1.77. The van der Waals surface area contributed by atoms with Gasteiger partial charge in [-0.2, -0.15) is 0 Å². The molecule has 0 spiro atoms. The van der Waals surface area contributed by atoms with E-state index in [1.54, 1.807) is 7.11 Å².